The highest BCUT2D eigenvalue weighted by Crippen LogP contribution is 2.28. The zero-order valence-electron chi connectivity index (χ0n) is 10.9. The van der Waals surface area contributed by atoms with Gasteiger partial charge in [0.2, 0.25) is 5.91 Å². The van der Waals surface area contributed by atoms with Gasteiger partial charge in [-0.15, -0.1) is 6.58 Å². The molecule has 4 heteroatoms. The smallest absolute Gasteiger partial charge is 0.237 e. The Morgan fingerprint density at radius 2 is 2.11 bits per heavy atom. The summed E-state index contributed by atoms with van der Waals surface area (Å²) in [5.74, 6) is 0.152. The molecule has 102 valence electrons. The zero-order chi connectivity index (χ0) is 13.7. The predicted octanol–water partition coefficient (Wildman–Crippen LogP) is 2.61. The number of nitrogens with one attached hydrogen (secondary N) is 1. The van der Waals surface area contributed by atoms with Gasteiger partial charge in [0.25, 0.3) is 0 Å². The molecule has 0 saturated heterocycles. The van der Waals surface area contributed by atoms with Gasteiger partial charge in [0.05, 0.1) is 6.54 Å². The number of carbonyl (C=O) groups is 1. The molecule has 1 aliphatic carbocycles. The molecule has 1 aliphatic rings. The van der Waals surface area contributed by atoms with E-state index >= 15 is 0 Å². The summed E-state index contributed by atoms with van der Waals surface area (Å²) in [4.78, 5) is 14.1. The van der Waals surface area contributed by atoms with E-state index in [1.54, 1.807) is 6.08 Å². The van der Waals surface area contributed by atoms with Crippen molar-refractivity contribution in [2.75, 3.05) is 13.1 Å². The standard InChI is InChI=1S/C15H19ClN2O/c1-2-9-17-10-15(19)18(14-7-8-14)11-12-3-5-13(16)6-4-12/h2-6,14,17H,1,7-11H2. The van der Waals surface area contributed by atoms with Crippen LogP contribution in [0.3, 0.4) is 0 Å². The Bertz CT molecular complexity index is 440. The fourth-order valence-corrected chi connectivity index (χ4v) is 2.10. The SMILES string of the molecule is C=CCNCC(=O)N(Cc1ccc(Cl)cc1)C1CC1. The second-order valence-electron chi connectivity index (χ2n) is 4.80. The van der Waals surface area contributed by atoms with Gasteiger partial charge in [-0.3, -0.25) is 4.79 Å². The molecule has 0 unspecified atom stereocenters. The lowest BCUT2D eigenvalue weighted by Gasteiger charge is -2.22. The van der Waals surface area contributed by atoms with Gasteiger partial charge in [0, 0.05) is 24.2 Å². The quantitative estimate of drug-likeness (QED) is 0.614. The Labute approximate surface area is 119 Å². The third kappa shape index (κ3) is 4.37. The highest BCUT2D eigenvalue weighted by atomic mass is 35.5. The van der Waals surface area contributed by atoms with Gasteiger partial charge in [-0.25, -0.2) is 0 Å². The van der Waals surface area contributed by atoms with E-state index in [0.29, 0.717) is 25.7 Å². The number of amides is 1. The summed E-state index contributed by atoms with van der Waals surface area (Å²) in [6.07, 6.45) is 3.98. The first-order valence-electron chi connectivity index (χ1n) is 6.56. The topological polar surface area (TPSA) is 32.3 Å². The molecule has 1 saturated carbocycles. The minimum Gasteiger partial charge on any atom is -0.334 e. The molecule has 1 fully saturated rings. The van der Waals surface area contributed by atoms with Gasteiger partial charge in [-0.1, -0.05) is 29.8 Å². The molecule has 1 aromatic rings. The first kappa shape index (κ1) is 14.1. The molecule has 19 heavy (non-hydrogen) atoms. The van der Waals surface area contributed by atoms with E-state index in [0.717, 1.165) is 23.4 Å². The minimum atomic E-state index is 0.152. The van der Waals surface area contributed by atoms with Crippen molar-refractivity contribution in [2.45, 2.75) is 25.4 Å². The van der Waals surface area contributed by atoms with Crippen molar-refractivity contribution >= 4 is 17.5 Å². The zero-order valence-corrected chi connectivity index (χ0v) is 11.7. The molecular formula is C15H19ClN2O. The molecule has 0 aromatic heterocycles. The maximum atomic E-state index is 12.2. The molecule has 0 aliphatic heterocycles. The highest BCUT2D eigenvalue weighted by molar-refractivity contribution is 6.30. The molecule has 1 aromatic carbocycles. The van der Waals surface area contributed by atoms with Gasteiger partial charge >= 0.3 is 0 Å². The van der Waals surface area contributed by atoms with E-state index < -0.39 is 0 Å². The van der Waals surface area contributed by atoms with Crippen LogP contribution in [0.25, 0.3) is 0 Å². The third-order valence-corrected chi connectivity index (χ3v) is 3.39. The van der Waals surface area contributed by atoms with Gasteiger partial charge < -0.3 is 10.2 Å². The summed E-state index contributed by atoms with van der Waals surface area (Å²) < 4.78 is 0. The largest absolute Gasteiger partial charge is 0.334 e. The highest BCUT2D eigenvalue weighted by Gasteiger charge is 2.32. The Hall–Kier alpha value is -1.32. The molecule has 0 bridgehead atoms. The van der Waals surface area contributed by atoms with Crippen LogP contribution in [-0.4, -0.2) is 29.9 Å². The van der Waals surface area contributed by atoms with Crippen molar-refractivity contribution in [3.8, 4) is 0 Å². The second-order valence-corrected chi connectivity index (χ2v) is 5.24. The number of benzene rings is 1. The molecule has 1 amide bonds. The van der Waals surface area contributed by atoms with Crippen molar-refractivity contribution in [2.24, 2.45) is 0 Å². The van der Waals surface area contributed by atoms with E-state index in [4.69, 9.17) is 11.6 Å². The number of hydrogen-bond acceptors (Lipinski definition) is 2. The van der Waals surface area contributed by atoms with Crippen molar-refractivity contribution in [3.63, 3.8) is 0 Å². The minimum absolute atomic E-state index is 0.152. The van der Waals surface area contributed by atoms with E-state index in [1.165, 1.54) is 0 Å². The fourth-order valence-electron chi connectivity index (χ4n) is 1.98. The van der Waals surface area contributed by atoms with Crippen molar-refractivity contribution in [1.29, 1.82) is 0 Å². The van der Waals surface area contributed by atoms with Crippen LogP contribution >= 0.6 is 11.6 Å². The van der Waals surface area contributed by atoms with E-state index in [2.05, 4.69) is 11.9 Å². The van der Waals surface area contributed by atoms with E-state index in [-0.39, 0.29) is 5.91 Å². The molecule has 3 nitrogen and oxygen atoms in total. The van der Waals surface area contributed by atoms with Crippen LogP contribution in [0.4, 0.5) is 0 Å². The summed E-state index contributed by atoms with van der Waals surface area (Å²) in [5, 5.41) is 3.79. The number of halogens is 1. The third-order valence-electron chi connectivity index (χ3n) is 3.14. The summed E-state index contributed by atoms with van der Waals surface area (Å²) >= 11 is 5.87. The summed E-state index contributed by atoms with van der Waals surface area (Å²) in [5.41, 5.74) is 1.12. The molecule has 0 atom stereocenters. The Kier molecular flexibility index (Phi) is 5.00. The first-order chi connectivity index (χ1) is 9.20. The lowest BCUT2D eigenvalue weighted by atomic mass is 10.2. The average molecular weight is 279 g/mol. The molecule has 2 rings (SSSR count). The fraction of sp³-hybridized carbons (Fsp3) is 0.400. The molecule has 1 N–H and O–H groups in total. The van der Waals surface area contributed by atoms with Crippen LogP contribution in [0, 0.1) is 0 Å². The number of carbonyl (C=O) groups excluding carboxylic acids is 1. The van der Waals surface area contributed by atoms with Crippen LogP contribution in [0.1, 0.15) is 18.4 Å². The number of hydrogen-bond donors (Lipinski definition) is 1. The number of nitrogens with zero attached hydrogens (tertiary/aromatic N) is 1. The van der Waals surface area contributed by atoms with Crippen LogP contribution in [-0.2, 0) is 11.3 Å². The summed E-state index contributed by atoms with van der Waals surface area (Å²) in [6, 6.07) is 8.09. The van der Waals surface area contributed by atoms with Gasteiger partial charge in [0.1, 0.15) is 0 Å². The first-order valence-corrected chi connectivity index (χ1v) is 6.94. The average Bonchev–Trinajstić information content (AvgIpc) is 3.22. The summed E-state index contributed by atoms with van der Waals surface area (Å²) in [7, 11) is 0. The van der Waals surface area contributed by atoms with Crippen LogP contribution in [0.2, 0.25) is 5.02 Å². The van der Waals surface area contributed by atoms with Crippen molar-refractivity contribution < 1.29 is 4.79 Å². The van der Waals surface area contributed by atoms with Gasteiger partial charge in [0.15, 0.2) is 0 Å². The second kappa shape index (κ2) is 6.73. The monoisotopic (exact) mass is 278 g/mol. The van der Waals surface area contributed by atoms with E-state index in [9.17, 15) is 4.79 Å². The molecule has 0 spiro atoms. The van der Waals surface area contributed by atoms with E-state index in [1.807, 2.05) is 29.2 Å². The normalized spacial score (nSPS) is 14.2. The lowest BCUT2D eigenvalue weighted by molar-refractivity contribution is -0.131. The maximum Gasteiger partial charge on any atom is 0.237 e. The lowest BCUT2D eigenvalue weighted by Crippen LogP contribution is -2.39. The van der Waals surface area contributed by atoms with Gasteiger partial charge in [-0.2, -0.15) is 0 Å². The van der Waals surface area contributed by atoms with Crippen LogP contribution in [0.15, 0.2) is 36.9 Å². The Morgan fingerprint density at radius 1 is 1.42 bits per heavy atom. The Morgan fingerprint density at radius 3 is 2.68 bits per heavy atom. The molecule has 0 radical (unpaired) electrons. The maximum absolute atomic E-state index is 12.2. The Balaban J connectivity index is 1.94. The summed E-state index contributed by atoms with van der Waals surface area (Å²) in [6.45, 7) is 5.32. The molecule has 0 heterocycles. The van der Waals surface area contributed by atoms with Crippen LogP contribution in [0.5, 0.6) is 0 Å². The van der Waals surface area contributed by atoms with Gasteiger partial charge in [-0.05, 0) is 30.5 Å². The predicted molar refractivity (Wildman–Crippen MR) is 78.1 cm³/mol. The molecular weight excluding hydrogens is 260 g/mol. The van der Waals surface area contributed by atoms with Crippen molar-refractivity contribution in [3.05, 3.63) is 47.5 Å². The van der Waals surface area contributed by atoms with Crippen molar-refractivity contribution in [1.82, 2.24) is 10.2 Å². The van der Waals surface area contributed by atoms with Crippen LogP contribution < -0.4 is 5.32 Å². The number of rotatable bonds is 7.